The molecule has 0 aliphatic carbocycles. The fourth-order valence-electron chi connectivity index (χ4n) is 3.23. The van der Waals surface area contributed by atoms with Gasteiger partial charge in [0.05, 0.1) is 12.3 Å². The molecule has 3 nitrogen and oxygen atoms in total. The molecule has 1 aliphatic rings. The lowest BCUT2D eigenvalue weighted by Gasteiger charge is -2.16. The van der Waals surface area contributed by atoms with E-state index in [1.54, 1.807) is 17.3 Å². The molecule has 0 amide bonds. The maximum absolute atomic E-state index is 13.4. The van der Waals surface area contributed by atoms with Gasteiger partial charge in [-0.15, -0.1) is 0 Å². The third kappa shape index (κ3) is 4.05. The van der Waals surface area contributed by atoms with Crippen molar-refractivity contribution in [1.29, 1.82) is 5.41 Å². The molecule has 3 rings (SSSR count). The molecule has 1 fully saturated rings. The summed E-state index contributed by atoms with van der Waals surface area (Å²) in [6.45, 7) is 8.33. The number of alkyl halides is 2. The lowest BCUT2D eigenvalue weighted by molar-refractivity contribution is 0.0115. The van der Waals surface area contributed by atoms with Gasteiger partial charge < -0.3 is 5.41 Å². The number of pyridine rings is 1. The minimum atomic E-state index is -2.58. The van der Waals surface area contributed by atoms with Crippen LogP contribution in [0.5, 0.6) is 0 Å². The molecule has 2 heterocycles. The van der Waals surface area contributed by atoms with Crippen molar-refractivity contribution in [2.45, 2.75) is 32.7 Å². The van der Waals surface area contributed by atoms with Crippen LogP contribution in [0.4, 0.5) is 8.78 Å². The van der Waals surface area contributed by atoms with E-state index >= 15 is 0 Å². The number of aryl methyl sites for hydroxylation is 1. The second kappa shape index (κ2) is 7.08. The van der Waals surface area contributed by atoms with E-state index in [9.17, 15) is 8.78 Å². The highest BCUT2D eigenvalue weighted by atomic mass is 19.3. The Kier molecular flexibility index (Phi) is 5.01. The first kappa shape index (κ1) is 18.4. The van der Waals surface area contributed by atoms with Gasteiger partial charge in [-0.25, -0.2) is 8.78 Å². The van der Waals surface area contributed by atoms with Crippen molar-refractivity contribution in [3.05, 3.63) is 65.5 Å². The van der Waals surface area contributed by atoms with Crippen molar-refractivity contribution >= 4 is 5.71 Å². The molecule has 2 aromatic rings. The van der Waals surface area contributed by atoms with E-state index in [0.29, 0.717) is 24.4 Å². The van der Waals surface area contributed by atoms with Gasteiger partial charge in [-0.3, -0.25) is 9.88 Å². The summed E-state index contributed by atoms with van der Waals surface area (Å²) in [6, 6.07) is 7.94. The summed E-state index contributed by atoms with van der Waals surface area (Å²) in [7, 11) is 0. The van der Waals surface area contributed by atoms with Crippen molar-refractivity contribution in [1.82, 2.24) is 9.88 Å². The van der Waals surface area contributed by atoms with Gasteiger partial charge >= 0.3 is 0 Å². The number of hydrogen-bond acceptors (Lipinski definition) is 3. The Morgan fingerprint density at radius 1 is 1.27 bits per heavy atom. The van der Waals surface area contributed by atoms with Gasteiger partial charge in [0.25, 0.3) is 5.92 Å². The van der Waals surface area contributed by atoms with E-state index in [4.69, 9.17) is 5.41 Å². The average molecular weight is 355 g/mol. The summed E-state index contributed by atoms with van der Waals surface area (Å²) in [4.78, 5) is 6.05. The van der Waals surface area contributed by atoms with Crippen LogP contribution >= 0.6 is 0 Å². The van der Waals surface area contributed by atoms with Crippen LogP contribution in [-0.4, -0.2) is 34.6 Å². The standard InChI is InChI=1S/C21H23F2N3/c1-14(2)20(24)19-9-17(5-4-15(19)3)18-8-16(10-25-11-18)12-26-7-6-21(22,23)13-26/h4-5,8-11,24H,1,6-7,12-13H2,2-3H3. The predicted octanol–water partition coefficient (Wildman–Crippen LogP) is 4.84. The summed E-state index contributed by atoms with van der Waals surface area (Å²) < 4.78 is 26.8. The zero-order valence-electron chi connectivity index (χ0n) is 15.1. The Morgan fingerprint density at radius 3 is 2.69 bits per heavy atom. The number of benzene rings is 1. The summed E-state index contributed by atoms with van der Waals surface area (Å²) in [5, 5.41) is 8.22. The molecule has 0 saturated carbocycles. The molecule has 5 heteroatoms. The highest BCUT2D eigenvalue weighted by Gasteiger charge is 2.37. The van der Waals surface area contributed by atoms with Crippen LogP contribution in [0, 0.1) is 12.3 Å². The van der Waals surface area contributed by atoms with Crippen LogP contribution in [0.25, 0.3) is 11.1 Å². The molecule has 1 aromatic carbocycles. The Bertz CT molecular complexity index is 858. The third-order valence-electron chi connectivity index (χ3n) is 4.72. The molecule has 0 radical (unpaired) electrons. The van der Waals surface area contributed by atoms with Crippen molar-refractivity contribution < 1.29 is 8.78 Å². The molecule has 136 valence electrons. The van der Waals surface area contributed by atoms with Crippen LogP contribution in [0.1, 0.15) is 30.0 Å². The monoisotopic (exact) mass is 355 g/mol. The highest BCUT2D eigenvalue weighted by molar-refractivity contribution is 6.11. The molecule has 1 aromatic heterocycles. The minimum absolute atomic E-state index is 0.0789. The van der Waals surface area contributed by atoms with E-state index in [2.05, 4.69) is 11.6 Å². The number of hydrogen-bond donors (Lipinski definition) is 1. The number of halogens is 2. The Morgan fingerprint density at radius 2 is 2.04 bits per heavy atom. The summed E-state index contributed by atoms with van der Waals surface area (Å²) in [5.41, 5.74) is 5.80. The first-order valence-electron chi connectivity index (χ1n) is 8.65. The minimum Gasteiger partial charge on any atom is -0.300 e. The molecular weight excluding hydrogens is 332 g/mol. The second-order valence-corrected chi connectivity index (χ2v) is 7.08. The zero-order valence-corrected chi connectivity index (χ0v) is 15.1. The lowest BCUT2D eigenvalue weighted by atomic mass is 9.95. The number of likely N-dealkylation sites (tertiary alicyclic amines) is 1. The molecule has 1 saturated heterocycles. The summed E-state index contributed by atoms with van der Waals surface area (Å²) in [6.07, 6.45) is 3.41. The fraction of sp³-hybridized carbons (Fsp3) is 0.333. The maximum Gasteiger partial charge on any atom is 0.261 e. The van der Waals surface area contributed by atoms with Crippen LogP contribution in [-0.2, 0) is 6.54 Å². The van der Waals surface area contributed by atoms with Gasteiger partial charge in [0, 0.05) is 43.0 Å². The van der Waals surface area contributed by atoms with E-state index < -0.39 is 5.92 Å². The predicted molar refractivity (Wildman–Crippen MR) is 101 cm³/mol. The fourth-order valence-corrected chi connectivity index (χ4v) is 3.23. The van der Waals surface area contributed by atoms with Crippen molar-refractivity contribution in [3.63, 3.8) is 0 Å². The summed E-state index contributed by atoms with van der Waals surface area (Å²) in [5.74, 6) is -2.58. The average Bonchev–Trinajstić information content (AvgIpc) is 2.93. The summed E-state index contributed by atoms with van der Waals surface area (Å²) >= 11 is 0. The molecule has 0 spiro atoms. The van der Waals surface area contributed by atoms with Gasteiger partial charge in [-0.05, 0) is 48.2 Å². The molecular formula is C21H23F2N3. The van der Waals surface area contributed by atoms with E-state index in [-0.39, 0.29) is 13.0 Å². The van der Waals surface area contributed by atoms with Crippen molar-refractivity contribution in [2.24, 2.45) is 0 Å². The van der Waals surface area contributed by atoms with Gasteiger partial charge in [0.1, 0.15) is 0 Å². The lowest BCUT2D eigenvalue weighted by Crippen LogP contribution is -2.24. The molecule has 0 unspecified atom stereocenters. The van der Waals surface area contributed by atoms with Gasteiger partial charge in [0.2, 0.25) is 0 Å². The topological polar surface area (TPSA) is 40.0 Å². The van der Waals surface area contributed by atoms with E-state index in [0.717, 1.165) is 27.8 Å². The van der Waals surface area contributed by atoms with Gasteiger partial charge in [-0.2, -0.15) is 0 Å². The Labute approximate surface area is 152 Å². The molecule has 1 aliphatic heterocycles. The first-order valence-corrected chi connectivity index (χ1v) is 8.65. The number of rotatable bonds is 5. The first-order chi connectivity index (χ1) is 12.2. The normalized spacial score (nSPS) is 16.6. The molecule has 26 heavy (non-hydrogen) atoms. The van der Waals surface area contributed by atoms with Crippen molar-refractivity contribution in [3.8, 4) is 11.1 Å². The largest absolute Gasteiger partial charge is 0.300 e. The highest BCUT2D eigenvalue weighted by Crippen LogP contribution is 2.29. The SMILES string of the molecule is C=C(C)C(=N)c1cc(-c2cncc(CN3CCC(F)(F)C3)c2)ccc1C. The number of nitrogens with zero attached hydrogens (tertiary/aromatic N) is 2. The smallest absolute Gasteiger partial charge is 0.261 e. The zero-order chi connectivity index (χ0) is 18.9. The maximum atomic E-state index is 13.4. The quantitative estimate of drug-likeness (QED) is 0.780. The van der Waals surface area contributed by atoms with Crippen LogP contribution in [0.15, 0.2) is 48.8 Å². The van der Waals surface area contributed by atoms with Crippen LogP contribution in [0.2, 0.25) is 0 Å². The van der Waals surface area contributed by atoms with Gasteiger partial charge in [0.15, 0.2) is 0 Å². The van der Waals surface area contributed by atoms with Crippen LogP contribution in [0.3, 0.4) is 0 Å². The number of aromatic nitrogens is 1. The Balaban J connectivity index is 1.85. The van der Waals surface area contributed by atoms with E-state index in [1.807, 2.05) is 38.1 Å². The van der Waals surface area contributed by atoms with Crippen molar-refractivity contribution in [2.75, 3.05) is 13.1 Å². The molecule has 0 atom stereocenters. The molecule has 1 N–H and O–H groups in total. The van der Waals surface area contributed by atoms with Crippen LogP contribution < -0.4 is 0 Å². The number of nitrogens with one attached hydrogen (secondary N) is 1. The van der Waals surface area contributed by atoms with Gasteiger partial charge in [-0.1, -0.05) is 18.7 Å². The Hall–Kier alpha value is -2.40. The molecule has 0 bridgehead atoms. The van der Waals surface area contributed by atoms with E-state index in [1.165, 1.54) is 0 Å². The number of allylic oxidation sites excluding steroid dienone is 1. The third-order valence-corrected chi connectivity index (χ3v) is 4.72. The second-order valence-electron chi connectivity index (χ2n) is 7.08.